The Bertz CT molecular complexity index is 420. The summed E-state index contributed by atoms with van der Waals surface area (Å²) in [4.78, 5) is 0. The highest BCUT2D eigenvalue weighted by Gasteiger charge is 2.08. The van der Waals surface area contributed by atoms with Crippen LogP contribution in [0.2, 0.25) is 5.02 Å². The molecule has 1 heterocycles. The first-order valence-corrected chi connectivity index (χ1v) is 4.34. The van der Waals surface area contributed by atoms with Crippen molar-refractivity contribution < 1.29 is 9.15 Å². The summed E-state index contributed by atoms with van der Waals surface area (Å²) in [5, 5.41) is 1.66. The number of rotatable bonds is 2. The molecule has 1 aromatic carbocycles. The minimum Gasteiger partial charge on any atom is -0.464 e. The Morgan fingerprint density at radius 3 is 3.08 bits per heavy atom. The van der Waals surface area contributed by atoms with Gasteiger partial charge in [-0.25, -0.2) is 0 Å². The van der Waals surface area contributed by atoms with Gasteiger partial charge in [0.15, 0.2) is 0 Å². The van der Waals surface area contributed by atoms with E-state index in [-0.39, 0.29) is 0 Å². The van der Waals surface area contributed by atoms with Gasteiger partial charge >= 0.3 is 0 Å². The van der Waals surface area contributed by atoms with Crippen molar-refractivity contribution in [3.05, 3.63) is 35.0 Å². The van der Waals surface area contributed by atoms with Crippen LogP contribution in [0.3, 0.4) is 0 Å². The molecule has 68 valence electrons. The molecular formula is C10H9ClO2. The smallest absolute Gasteiger partial charge is 0.135 e. The Morgan fingerprint density at radius 1 is 1.46 bits per heavy atom. The van der Waals surface area contributed by atoms with E-state index in [0.29, 0.717) is 11.6 Å². The van der Waals surface area contributed by atoms with Crippen LogP contribution in [-0.2, 0) is 11.3 Å². The molecule has 0 atom stereocenters. The lowest BCUT2D eigenvalue weighted by Crippen LogP contribution is -1.84. The van der Waals surface area contributed by atoms with Gasteiger partial charge in [0, 0.05) is 18.1 Å². The summed E-state index contributed by atoms with van der Waals surface area (Å²) in [6.45, 7) is 0.525. The maximum Gasteiger partial charge on any atom is 0.135 e. The molecule has 0 spiro atoms. The third-order valence-corrected chi connectivity index (χ3v) is 2.24. The predicted molar refractivity (Wildman–Crippen MR) is 51.9 cm³/mol. The van der Waals surface area contributed by atoms with Crippen molar-refractivity contribution in [2.75, 3.05) is 7.11 Å². The lowest BCUT2D eigenvalue weighted by Gasteiger charge is -1.96. The fourth-order valence-corrected chi connectivity index (χ4v) is 1.66. The molecule has 3 heteroatoms. The van der Waals surface area contributed by atoms with Gasteiger partial charge < -0.3 is 9.15 Å². The first kappa shape index (κ1) is 8.60. The number of fused-ring (bicyclic) bond motifs is 1. The molecule has 0 fully saturated rings. The van der Waals surface area contributed by atoms with E-state index in [9.17, 15) is 0 Å². The molecular weight excluding hydrogens is 188 g/mol. The van der Waals surface area contributed by atoms with Gasteiger partial charge in [0.25, 0.3) is 0 Å². The number of ether oxygens (including phenoxy) is 1. The summed E-state index contributed by atoms with van der Waals surface area (Å²) in [5.41, 5.74) is 1.79. The second kappa shape index (κ2) is 3.40. The summed E-state index contributed by atoms with van der Waals surface area (Å²) < 4.78 is 10.3. The molecule has 0 radical (unpaired) electrons. The Labute approximate surface area is 81.1 Å². The number of furan rings is 1. The molecule has 0 aliphatic carbocycles. The van der Waals surface area contributed by atoms with E-state index in [1.54, 1.807) is 13.4 Å². The summed E-state index contributed by atoms with van der Waals surface area (Å²) in [6, 6.07) is 5.60. The molecule has 13 heavy (non-hydrogen) atoms. The highest BCUT2D eigenvalue weighted by molar-refractivity contribution is 6.35. The fraction of sp³-hybridized carbons (Fsp3) is 0.200. The van der Waals surface area contributed by atoms with Crippen molar-refractivity contribution >= 4 is 22.6 Å². The maximum atomic E-state index is 6.02. The summed E-state index contributed by atoms with van der Waals surface area (Å²) in [6.07, 6.45) is 1.68. The van der Waals surface area contributed by atoms with E-state index in [1.165, 1.54) is 0 Å². The molecule has 0 bridgehead atoms. The molecule has 0 aliphatic rings. The first-order valence-electron chi connectivity index (χ1n) is 3.96. The molecule has 0 unspecified atom stereocenters. The SMILES string of the molecule is COCc1coc2cccc(Cl)c12. The molecule has 0 saturated carbocycles. The molecule has 1 aromatic heterocycles. The second-order valence-corrected chi connectivity index (χ2v) is 3.21. The van der Waals surface area contributed by atoms with Crippen LogP contribution >= 0.6 is 11.6 Å². The standard InChI is InChI=1S/C10H9ClO2/c1-12-5-7-6-13-9-4-2-3-8(11)10(7)9/h2-4,6H,5H2,1H3. The molecule has 2 aromatic rings. The van der Waals surface area contributed by atoms with E-state index in [4.69, 9.17) is 20.8 Å². The third kappa shape index (κ3) is 1.43. The van der Waals surface area contributed by atoms with Crippen LogP contribution in [-0.4, -0.2) is 7.11 Å². The highest BCUT2D eigenvalue weighted by atomic mass is 35.5. The fourth-order valence-electron chi connectivity index (χ4n) is 1.37. The van der Waals surface area contributed by atoms with Crippen molar-refractivity contribution in [3.8, 4) is 0 Å². The van der Waals surface area contributed by atoms with E-state index in [2.05, 4.69) is 0 Å². The van der Waals surface area contributed by atoms with Crippen LogP contribution in [0, 0.1) is 0 Å². The van der Waals surface area contributed by atoms with E-state index in [1.807, 2.05) is 18.2 Å². The molecule has 0 saturated heterocycles. The number of hydrogen-bond acceptors (Lipinski definition) is 2. The van der Waals surface area contributed by atoms with Gasteiger partial charge in [-0.05, 0) is 12.1 Å². The van der Waals surface area contributed by atoms with Crippen LogP contribution in [0.4, 0.5) is 0 Å². The van der Waals surface area contributed by atoms with Gasteiger partial charge in [-0.2, -0.15) is 0 Å². The van der Waals surface area contributed by atoms with E-state index in [0.717, 1.165) is 16.5 Å². The zero-order chi connectivity index (χ0) is 9.26. The Balaban J connectivity index is 2.64. The minimum absolute atomic E-state index is 0.525. The highest BCUT2D eigenvalue weighted by Crippen LogP contribution is 2.28. The Kier molecular flexibility index (Phi) is 2.25. The quantitative estimate of drug-likeness (QED) is 0.736. The molecule has 0 aliphatic heterocycles. The number of halogens is 1. The third-order valence-electron chi connectivity index (χ3n) is 1.92. The van der Waals surface area contributed by atoms with Crippen molar-refractivity contribution in [1.29, 1.82) is 0 Å². The van der Waals surface area contributed by atoms with Gasteiger partial charge in [-0.3, -0.25) is 0 Å². The normalized spacial score (nSPS) is 10.9. The minimum atomic E-state index is 0.525. The van der Waals surface area contributed by atoms with Crippen LogP contribution in [0.15, 0.2) is 28.9 Å². The number of methoxy groups -OCH3 is 1. The molecule has 2 rings (SSSR count). The average molecular weight is 197 g/mol. The van der Waals surface area contributed by atoms with Gasteiger partial charge in [-0.1, -0.05) is 17.7 Å². The average Bonchev–Trinajstić information content (AvgIpc) is 2.51. The monoisotopic (exact) mass is 196 g/mol. The number of benzene rings is 1. The molecule has 2 nitrogen and oxygen atoms in total. The largest absolute Gasteiger partial charge is 0.464 e. The van der Waals surface area contributed by atoms with Gasteiger partial charge in [0.05, 0.1) is 17.9 Å². The van der Waals surface area contributed by atoms with Crippen LogP contribution in [0.25, 0.3) is 11.0 Å². The van der Waals surface area contributed by atoms with Crippen molar-refractivity contribution in [2.45, 2.75) is 6.61 Å². The van der Waals surface area contributed by atoms with Crippen molar-refractivity contribution in [1.82, 2.24) is 0 Å². The second-order valence-electron chi connectivity index (χ2n) is 2.81. The zero-order valence-corrected chi connectivity index (χ0v) is 7.97. The lowest BCUT2D eigenvalue weighted by molar-refractivity contribution is 0.185. The number of hydrogen-bond donors (Lipinski definition) is 0. The maximum absolute atomic E-state index is 6.02. The first-order chi connectivity index (χ1) is 6.33. The molecule has 0 N–H and O–H groups in total. The summed E-state index contributed by atoms with van der Waals surface area (Å²) in [5.74, 6) is 0. The Morgan fingerprint density at radius 2 is 2.31 bits per heavy atom. The van der Waals surface area contributed by atoms with Crippen LogP contribution in [0.5, 0.6) is 0 Å². The van der Waals surface area contributed by atoms with E-state index < -0.39 is 0 Å². The lowest BCUT2D eigenvalue weighted by atomic mass is 10.2. The van der Waals surface area contributed by atoms with E-state index >= 15 is 0 Å². The van der Waals surface area contributed by atoms with Gasteiger partial charge in [-0.15, -0.1) is 0 Å². The van der Waals surface area contributed by atoms with Crippen LogP contribution in [0.1, 0.15) is 5.56 Å². The van der Waals surface area contributed by atoms with Crippen LogP contribution < -0.4 is 0 Å². The topological polar surface area (TPSA) is 22.4 Å². The molecule has 0 amide bonds. The zero-order valence-electron chi connectivity index (χ0n) is 7.21. The predicted octanol–water partition coefficient (Wildman–Crippen LogP) is 3.23. The van der Waals surface area contributed by atoms with Crippen molar-refractivity contribution in [3.63, 3.8) is 0 Å². The van der Waals surface area contributed by atoms with Gasteiger partial charge in [0.2, 0.25) is 0 Å². The van der Waals surface area contributed by atoms with Crippen molar-refractivity contribution in [2.24, 2.45) is 0 Å². The Hall–Kier alpha value is -0.990. The summed E-state index contributed by atoms with van der Waals surface area (Å²) >= 11 is 6.02. The summed E-state index contributed by atoms with van der Waals surface area (Å²) in [7, 11) is 1.65. The van der Waals surface area contributed by atoms with Gasteiger partial charge in [0.1, 0.15) is 5.58 Å².